The van der Waals surface area contributed by atoms with E-state index in [0.717, 1.165) is 25.0 Å². The summed E-state index contributed by atoms with van der Waals surface area (Å²) in [7, 11) is 1.67. The van der Waals surface area contributed by atoms with Crippen LogP contribution in [0.15, 0.2) is 54.6 Å². The van der Waals surface area contributed by atoms with Crippen molar-refractivity contribution in [2.24, 2.45) is 11.8 Å². The van der Waals surface area contributed by atoms with Gasteiger partial charge in [0.25, 0.3) is 0 Å². The summed E-state index contributed by atoms with van der Waals surface area (Å²) in [6, 6.07) is 8.30. The second-order valence-corrected chi connectivity index (χ2v) is 8.16. The number of hydrogen-bond donors (Lipinski definition) is 2. The zero-order valence-electron chi connectivity index (χ0n) is 18.2. The summed E-state index contributed by atoms with van der Waals surface area (Å²) in [5.74, 6) is 5.47. The number of nitrogens with two attached hydrogens (primary N) is 1. The van der Waals surface area contributed by atoms with E-state index in [1.165, 1.54) is 30.4 Å². The van der Waals surface area contributed by atoms with Crippen molar-refractivity contribution < 1.29 is 19.5 Å². The Morgan fingerprint density at radius 2 is 2.03 bits per heavy atom. The van der Waals surface area contributed by atoms with E-state index in [9.17, 15) is 9.90 Å². The van der Waals surface area contributed by atoms with Crippen molar-refractivity contribution in [1.82, 2.24) is 9.55 Å². The van der Waals surface area contributed by atoms with E-state index in [1.807, 2.05) is 30.9 Å². The minimum Gasteiger partial charge on any atom is -0.497 e. The van der Waals surface area contributed by atoms with Crippen LogP contribution in [0.2, 0.25) is 0 Å². The average Bonchev–Trinajstić information content (AvgIpc) is 3.33. The van der Waals surface area contributed by atoms with Gasteiger partial charge in [-0.25, -0.2) is 15.7 Å². The van der Waals surface area contributed by atoms with Gasteiger partial charge >= 0.3 is 5.97 Å². The third kappa shape index (κ3) is 6.42. The molecule has 1 fully saturated rings. The molecule has 0 bridgehead atoms. The summed E-state index contributed by atoms with van der Waals surface area (Å²) in [5.41, 5.74) is 2.57. The van der Waals surface area contributed by atoms with Crippen molar-refractivity contribution in [3.63, 3.8) is 0 Å². The zero-order chi connectivity index (χ0) is 22.1. The zero-order valence-corrected chi connectivity index (χ0v) is 18.2. The summed E-state index contributed by atoms with van der Waals surface area (Å²) in [5, 5.41) is 9.24. The fourth-order valence-corrected chi connectivity index (χ4v) is 4.50. The first-order chi connectivity index (χ1) is 15.1. The second kappa shape index (κ2) is 11.7. The predicted octanol–water partition coefficient (Wildman–Crippen LogP) is 4.31. The van der Waals surface area contributed by atoms with Crippen molar-refractivity contribution in [1.29, 1.82) is 0 Å². The lowest BCUT2D eigenvalue weighted by molar-refractivity contribution is -0.151. The van der Waals surface area contributed by atoms with E-state index in [2.05, 4.69) is 32.6 Å². The van der Waals surface area contributed by atoms with Crippen LogP contribution in [-0.2, 0) is 16.1 Å². The molecule has 1 saturated carbocycles. The van der Waals surface area contributed by atoms with Crippen LogP contribution in [-0.4, -0.2) is 33.8 Å². The third-order valence-corrected chi connectivity index (χ3v) is 6.18. The largest absolute Gasteiger partial charge is 0.497 e. The summed E-state index contributed by atoms with van der Waals surface area (Å²) >= 11 is 0. The molecule has 2 atom stereocenters. The van der Waals surface area contributed by atoms with Gasteiger partial charge in [-0.2, -0.15) is 0 Å². The number of aliphatic carboxylic acids is 1. The Kier molecular flexibility index (Phi) is 8.67. The average molecular weight is 428 g/mol. The number of carbonyl (C=O) groups is 1. The van der Waals surface area contributed by atoms with Crippen LogP contribution in [0, 0.1) is 5.92 Å². The highest BCUT2D eigenvalue weighted by Crippen LogP contribution is 2.37. The molecule has 1 aromatic carbocycles. The fraction of sp³-hybridized carbons (Fsp3) is 0.500. The summed E-state index contributed by atoms with van der Waals surface area (Å²) in [6.07, 6.45) is 14.8. The molecule has 0 amide bonds. The van der Waals surface area contributed by atoms with E-state index in [-0.39, 0.29) is 6.04 Å². The fourth-order valence-electron chi connectivity index (χ4n) is 4.50. The van der Waals surface area contributed by atoms with Crippen molar-refractivity contribution in [2.45, 2.75) is 63.5 Å². The van der Waals surface area contributed by atoms with Crippen LogP contribution in [0.3, 0.4) is 0 Å². The van der Waals surface area contributed by atoms with E-state index in [4.69, 9.17) is 10.6 Å². The molecule has 2 unspecified atom stereocenters. The van der Waals surface area contributed by atoms with Gasteiger partial charge in [-0.3, -0.25) is 4.84 Å². The molecule has 0 spiro atoms. The quantitative estimate of drug-likeness (QED) is 0.410. The number of carboxylic acids is 1. The predicted molar refractivity (Wildman–Crippen MR) is 119 cm³/mol. The number of rotatable bonds is 11. The van der Waals surface area contributed by atoms with Crippen molar-refractivity contribution >= 4 is 5.97 Å². The van der Waals surface area contributed by atoms with Gasteiger partial charge < -0.3 is 14.4 Å². The Labute approximate surface area is 183 Å². The molecule has 7 nitrogen and oxygen atoms in total. The number of aromatic nitrogens is 2. The molecule has 168 valence electrons. The molecule has 7 heteroatoms. The standard InChI is InChI=1S/C24H33N3O4/c1-30-20-12-10-18(11-13-20)16-22(27-15-14-26-17-27)21(19-6-3-2-4-7-19)8-5-9-23(31-25)24(28)29/h8,10-15,17,19,22-23H,2-7,9,16,25H2,1H3,(H,28,29)/b21-8-. The van der Waals surface area contributed by atoms with Gasteiger partial charge in [0.05, 0.1) is 19.5 Å². The number of carboxylic acid groups (broad SMARTS) is 1. The molecule has 0 aliphatic heterocycles. The Hall–Kier alpha value is -2.64. The molecule has 3 N–H and O–H groups in total. The summed E-state index contributed by atoms with van der Waals surface area (Å²) in [4.78, 5) is 20.2. The Morgan fingerprint density at radius 3 is 2.61 bits per heavy atom. The maximum atomic E-state index is 11.3. The monoisotopic (exact) mass is 427 g/mol. The van der Waals surface area contributed by atoms with Gasteiger partial charge in [0, 0.05) is 12.4 Å². The smallest absolute Gasteiger partial charge is 0.334 e. The lowest BCUT2D eigenvalue weighted by atomic mass is 9.79. The van der Waals surface area contributed by atoms with Gasteiger partial charge in [-0.15, -0.1) is 0 Å². The number of allylic oxidation sites excluding steroid dienone is 2. The minimum atomic E-state index is -1.03. The van der Waals surface area contributed by atoms with Crippen LogP contribution < -0.4 is 10.6 Å². The van der Waals surface area contributed by atoms with Crippen molar-refractivity contribution in [3.05, 3.63) is 60.2 Å². The number of hydrogen-bond acceptors (Lipinski definition) is 5. The van der Waals surface area contributed by atoms with Crippen LogP contribution >= 0.6 is 0 Å². The van der Waals surface area contributed by atoms with Gasteiger partial charge in [0.2, 0.25) is 0 Å². The van der Waals surface area contributed by atoms with Gasteiger partial charge in [0.15, 0.2) is 6.10 Å². The Bertz CT molecular complexity index is 827. The maximum Gasteiger partial charge on any atom is 0.334 e. The molecule has 2 aromatic rings. The molecule has 1 aliphatic rings. The highest BCUT2D eigenvalue weighted by Gasteiger charge is 2.26. The topological polar surface area (TPSA) is 99.6 Å². The first-order valence-corrected chi connectivity index (χ1v) is 11.0. The number of nitrogens with zero attached hydrogens (tertiary/aromatic N) is 2. The third-order valence-electron chi connectivity index (χ3n) is 6.18. The molecule has 1 aromatic heterocycles. The minimum absolute atomic E-state index is 0.126. The molecule has 3 rings (SSSR count). The van der Waals surface area contributed by atoms with Gasteiger partial charge in [-0.05, 0) is 61.3 Å². The van der Waals surface area contributed by atoms with E-state index in [0.29, 0.717) is 18.8 Å². The number of benzene rings is 1. The van der Waals surface area contributed by atoms with Crippen molar-refractivity contribution in [3.8, 4) is 5.75 Å². The first kappa shape index (κ1) is 23.0. The molecular weight excluding hydrogens is 394 g/mol. The number of ether oxygens (including phenoxy) is 1. The van der Waals surface area contributed by atoms with Crippen molar-refractivity contribution in [2.75, 3.05) is 7.11 Å². The molecule has 0 saturated heterocycles. The maximum absolute atomic E-state index is 11.3. The number of methoxy groups -OCH3 is 1. The molecule has 31 heavy (non-hydrogen) atoms. The van der Waals surface area contributed by atoms with Gasteiger partial charge in [-0.1, -0.05) is 37.5 Å². The highest BCUT2D eigenvalue weighted by atomic mass is 16.6. The van der Waals surface area contributed by atoms with Crippen LogP contribution in [0.4, 0.5) is 0 Å². The van der Waals surface area contributed by atoms with E-state index in [1.54, 1.807) is 7.11 Å². The SMILES string of the molecule is COc1ccc(CC(/C(=C\CCC(ON)C(=O)O)C2CCCCC2)n2ccnc2)cc1. The Morgan fingerprint density at radius 1 is 1.29 bits per heavy atom. The lowest BCUT2D eigenvalue weighted by Gasteiger charge is -2.31. The number of imidazole rings is 1. The van der Waals surface area contributed by atoms with Crippen LogP contribution in [0.1, 0.15) is 56.6 Å². The van der Waals surface area contributed by atoms with Crippen LogP contribution in [0.5, 0.6) is 5.75 Å². The normalized spacial score (nSPS) is 17.3. The summed E-state index contributed by atoms with van der Waals surface area (Å²) in [6.45, 7) is 0. The van der Waals surface area contributed by atoms with Gasteiger partial charge in [0.1, 0.15) is 5.75 Å². The first-order valence-electron chi connectivity index (χ1n) is 11.0. The van der Waals surface area contributed by atoms with E-state index < -0.39 is 12.1 Å². The highest BCUT2D eigenvalue weighted by molar-refractivity contribution is 5.72. The van der Waals surface area contributed by atoms with E-state index >= 15 is 0 Å². The van der Waals surface area contributed by atoms with Crippen LogP contribution in [0.25, 0.3) is 0 Å². The molecule has 1 aliphatic carbocycles. The summed E-state index contributed by atoms with van der Waals surface area (Å²) < 4.78 is 7.46. The molecule has 0 radical (unpaired) electrons. The lowest BCUT2D eigenvalue weighted by Crippen LogP contribution is -2.27. The Balaban J connectivity index is 1.88. The second-order valence-electron chi connectivity index (χ2n) is 8.16. The molecule has 1 heterocycles. The molecular formula is C24H33N3O4.